The molecule has 0 saturated heterocycles. The molecule has 0 aliphatic rings. The van der Waals surface area contributed by atoms with Crippen molar-refractivity contribution in [1.82, 2.24) is 5.32 Å². The molecule has 1 aromatic heterocycles. The van der Waals surface area contributed by atoms with Gasteiger partial charge in [-0.2, -0.15) is 0 Å². The molecular formula is C18H25NO2. The Morgan fingerprint density at radius 1 is 1.10 bits per heavy atom. The lowest BCUT2D eigenvalue weighted by atomic mass is 9.83. The fourth-order valence-corrected chi connectivity index (χ4v) is 2.58. The Bertz CT molecular complexity index is 495. The second-order valence-corrected chi connectivity index (χ2v) is 5.61. The highest BCUT2D eigenvalue weighted by atomic mass is 16.3. The van der Waals surface area contributed by atoms with E-state index in [0.29, 0.717) is 0 Å². The summed E-state index contributed by atoms with van der Waals surface area (Å²) in [4.78, 5) is 0. The van der Waals surface area contributed by atoms with Gasteiger partial charge in [0.05, 0.1) is 12.3 Å². The van der Waals surface area contributed by atoms with Crippen molar-refractivity contribution in [2.75, 3.05) is 13.2 Å². The van der Waals surface area contributed by atoms with Gasteiger partial charge in [-0.1, -0.05) is 44.2 Å². The molecule has 114 valence electrons. The average molecular weight is 287 g/mol. The minimum Gasteiger partial charge on any atom is -0.467 e. The molecular weight excluding hydrogens is 262 g/mol. The normalized spacial score (nSPS) is 13.3. The molecule has 0 spiro atoms. The number of hydrogen-bond acceptors (Lipinski definition) is 3. The molecule has 21 heavy (non-hydrogen) atoms. The van der Waals surface area contributed by atoms with Crippen molar-refractivity contribution in [2.45, 2.75) is 32.7 Å². The molecule has 0 fully saturated rings. The molecule has 0 amide bonds. The van der Waals surface area contributed by atoms with Crippen LogP contribution in [-0.2, 0) is 0 Å². The van der Waals surface area contributed by atoms with Gasteiger partial charge in [-0.15, -0.1) is 0 Å². The summed E-state index contributed by atoms with van der Waals surface area (Å²) in [5, 5.41) is 13.3. The maximum absolute atomic E-state index is 9.73. The Kier molecular flexibility index (Phi) is 5.59. The highest BCUT2D eigenvalue weighted by Gasteiger charge is 2.27. The lowest BCUT2D eigenvalue weighted by Crippen LogP contribution is -2.38. The molecule has 0 bridgehead atoms. The number of aliphatic hydroxyl groups is 1. The molecule has 0 aliphatic carbocycles. The van der Waals surface area contributed by atoms with Crippen LogP contribution in [0.15, 0.2) is 53.1 Å². The first-order valence-corrected chi connectivity index (χ1v) is 7.67. The molecule has 0 aliphatic heterocycles. The third-order valence-corrected chi connectivity index (χ3v) is 4.48. The van der Waals surface area contributed by atoms with Gasteiger partial charge in [0.2, 0.25) is 0 Å². The van der Waals surface area contributed by atoms with E-state index in [1.165, 1.54) is 5.56 Å². The highest BCUT2D eigenvalue weighted by molar-refractivity contribution is 5.26. The summed E-state index contributed by atoms with van der Waals surface area (Å²) >= 11 is 0. The Labute approximate surface area is 127 Å². The first-order valence-electron chi connectivity index (χ1n) is 7.67. The van der Waals surface area contributed by atoms with E-state index in [1.54, 1.807) is 6.26 Å². The van der Waals surface area contributed by atoms with Crippen LogP contribution in [0.1, 0.15) is 44.1 Å². The van der Waals surface area contributed by atoms with E-state index in [0.717, 1.165) is 25.1 Å². The summed E-state index contributed by atoms with van der Waals surface area (Å²) in [6.45, 7) is 5.22. The standard InChI is InChI=1S/C18H25NO2/c1-3-18(4-2,14-20)13-19-17(16-11-8-12-21-16)15-9-6-5-7-10-15/h5-12,17,19-20H,3-4,13-14H2,1-2H3. The van der Waals surface area contributed by atoms with E-state index in [-0.39, 0.29) is 18.1 Å². The van der Waals surface area contributed by atoms with Crippen molar-refractivity contribution in [1.29, 1.82) is 0 Å². The minimum absolute atomic E-state index is 0.0187. The predicted octanol–water partition coefficient (Wildman–Crippen LogP) is 3.76. The molecule has 1 unspecified atom stereocenters. The number of nitrogens with one attached hydrogen (secondary N) is 1. The smallest absolute Gasteiger partial charge is 0.125 e. The molecule has 2 N–H and O–H groups in total. The largest absolute Gasteiger partial charge is 0.467 e. The van der Waals surface area contributed by atoms with Crippen molar-refractivity contribution < 1.29 is 9.52 Å². The van der Waals surface area contributed by atoms with Crippen LogP contribution < -0.4 is 5.32 Å². The number of hydrogen-bond donors (Lipinski definition) is 2. The summed E-state index contributed by atoms with van der Waals surface area (Å²) in [5.74, 6) is 0.903. The second kappa shape index (κ2) is 7.43. The van der Waals surface area contributed by atoms with Crippen molar-refractivity contribution in [3.8, 4) is 0 Å². The second-order valence-electron chi connectivity index (χ2n) is 5.61. The van der Waals surface area contributed by atoms with Crippen LogP contribution in [0, 0.1) is 5.41 Å². The fourth-order valence-electron chi connectivity index (χ4n) is 2.58. The van der Waals surface area contributed by atoms with Gasteiger partial charge >= 0.3 is 0 Å². The van der Waals surface area contributed by atoms with Crippen LogP contribution in [0.2, 0.25) is 0 Å². The van der Waals surface area contributed by atoms with E-state index in [9.17, 15) is 5.11 Å². The third kappa shape index (κ3) is 3.74. The number of furan rings is 1. The number of rotatable bonds is 8. The van der Waals surface area contributed by atoms with Crippen LogP contribution in [0.25, 0.3) is 0 Å². The first-order chi connectivity index (χ1) is 10.2. The predicted molar refractivity (Wildman–Crippen MR) is 85.1 cm³/mol. The zero-order chi connectivity index (χ0) is 15.1. The van der Waals surface area contributed by atoms with Gasteiger partial charge < -0.3 is 14.8 Å². The number of aliphatic hydroxyl groups excluding tert-OH is 1. The van der Waals surface area contributed by atoms with Crippen LogP contribution in [0.5, 0.6) is 0 Å². The van der Waals surface area contributed by atoms with E-state index < -0.39 is 0 Å². The Morgan fingerprint density at radius 3 is 2.33 bits per heavy atom. The minimum atomic E-state index is -0.0698. The van der Waals surface area contributed by atoms with Gasteiger partial charge in [0.15, 0.2) is 0 Å². The quantitative estimate of drug-likeness (QED) is 0.777. The van der Waals surface area contributed by atoms with Crippen molar-refractivity contribution in [2.24, 2.45) is 5.41 Å². The van der Waals surface area contributed by atoms with E-state index in [2.05, 4.69) is 31.3 Å². The summed E-state index contributed by atoms with van der Waals surface area (Å²) in [6.07, 6.45) is 3.60. The fraction of sp³-hybridized carbons (Fsp3) is 0.444. The highest BCUT2D eigenvalue weighted by Crippen LogP contribution is 2.28. The average Bonchev–Trinajstić information content (AvgIpc) is 3.07. The third-order valence-electron chi connectivity index (χ3n) is 4.48. The Morgan fingerprint density at radius 2 is 1.81 bits per heavy atom. The summed E-state index contributed by atoms with van der Waals surface area (Å²) < 4.78 is 5.59. The molecule has 1 aromatic carbocycles. The van der Waals surface area contributed by atoms with E-state index in [4.69, 9.17) is 4.42 Å². The monoisotopic (exact) mass is 287 g/mol. The van der Waals surface area contributed by atoms with Crippen LogP contribution in [0.4, 0.5) is 0 Å². The van der Waals surface area contributed by atoms with Crippen LogP contribution in [-0.4, -0.2) is 18.3 Å². The summed E-state index contributed by atoms with van der Waals surface area (Å²) in [7, 11) is 0. The lowest BCUT2D eigenvalue weighted by molar-refractivity contribution is 0.110. The topological polar surface area (TPSA) is 45.4 Å². The van der Waals surface area contributed by atoms with Crippen molar-refractivity contribution >= 4 is 0 Å². The maximum atomic E-state index is 9.73. The molecule has 0 radical (unpaired) electrons. The van der Waals surface area contributed by atoms with Gasteiger partial charge in [-0.25, -0.2) is 0 Å². The van der Waals surface area contributed by atoms with Crippen LogP contribution in [0.3, 0.4) is 0 Å². The SMILES string of the molecule is CCC(CC)(CO)CNC(c1ccccc1)c1ccco1. The van der Waals surface area contributed by atoms with Crippen LogP contribution >= 0.6 is 0 Å². The molecule has 1 heterocycles. The molecule has 1 atom stereocenters. The van der Waals surface area contributed by atoms with Gasteiger partial charge in [0.25, 0.3) is 0 Å². The number of benzene rings is 1. The molecule has 3 nitrogen and oxygen atoms in total. The van der Waals surface area contributed by atoms with E-state index >= 15 is 0 Å². The van der Waals surface area contributed by atoms with Crippen molar-refractivity contribution in [3.63, 3.8) is 0 Å². The first kappa shape index (κ1) is 15.8. The molecule has 0 saturated carbocycles. The van der Waals surface area contributed by atoms with Gasteiger partial charge in [-0.05, 0) is 30.5 Å². The van der Waals surface area contributed by atoms with Crippen molar-refractivity contribution in [3.05, 3.63) is 60.1 Å². The van der Waals surface area contributed by atoms with Gasteiger partial charge in [0, 0.05) is 18.6 Å². The molecule has 2 rings (SSSR count). The van der Waals surface area contributed by atoms with Gasteiger partial charge in [-0.3, -0.25) is 0 Å². The Hall–Kier alpha value is -1.58. The summed E-state index contributed by atoms with van der Waals surface area (Å²) in [5.41, 5.74) is 1.10. The molecule has 2 aromatic rings. The Balaban J connectivity index is 2.18. The maximum Gasteiger partial charge on any atom is 0.125 e. The zero-order valence-corrected chi connectivity index (χ0v) is 12.9. The van der Waals surface area contributed by atoms with E-state index in [1.807, 2.05) is 30.3 Å². The lowest BCUT2D eigenvalue weighted by Gasteiger charge is -2.31. The molecule has 3 heteroatoms. The zero-order valence-electron chi connectivity index (χ0n) is 12.9. The summed E-state index contributed by atoms with van der Waals surface area (Å²) in [6, 6.07) is 14.2. The van der Waals surface area contributed by atoms with Gasteiger partial charge in [0.1, 0.15) is 5.76 Å².